The summed E-state index contributed by atoms with van der Waals surface area (Å²) < 4.78 is 5.71. The van der Waals surface area contributed by atoms with E-state index in [0.29, 0.717) is 6.61 Å². The van der Waals surface area contributed by atoms with Crippen LogP contribution in [0.15, 0.2) is 42.5 Å². The fourth-order valence-electron chi connectivity index (χ4n) is 3.88. The van der Waals surface area contributed by atoms with E-state index in [1.54, 1.807) is 0 Å². The Morgan fingerprint density at radius 1 is 0.793 bits per heavy atom. The molecule has 0 aliphatic carbocycles. The molecule has 0 aliphatic heterocycles. The van der Waals surface area contributed by atoms with E-state index in [1.165, 1.54) is 66.2 Å². The number of hydrogen-bond acceptors (Lipinski definition) is 2. The second-order valence-electron chi connectivity index (χ2n) is 8.10. The molecule has 0 saturated carbocycles. The number of hydrogen-bond donors (Lipinski definition) is 0. The van der Waals surface area contributed by atoms with E-state index >= 15 is 0 Å². The Hall–Kier alpha value is -2.35. The SMILES string of the molecule is CCCCCCCCc1cc2cc(OCC)ccc2nc1-c1ccc(C)c(C)c1. The molecule has 0 fully saturated rings. The summed E-state index contributed by atoms with van der Waals surface area (Å²) in [5.74, 6) is 0.922. The third-order valence-electron chi connectivity index (χ3n) is 5.76. The van der Waals surface area contributed by atoms with Crippen LogP contribution in [0.5, 0.6) is 5.75 Å². The highest BCUT2D eigenvalue weighted by atomic mass is 16.5. The van der Waals surface area contributed by atoms with Gasteiger partial charge in [-0.15, -0.1) is 0 Å². The van der Waals surface area contributed by atoms with Crippen LogP contribution in [-0.4, -0.2) is 11.6 Å². The highest BCUT2D eigenvalue weighted by Crippen LogP contribution is 2.30. The van der Waals surface area contributed by atoms with Gasteiger partial charge in [-0.05, 0) is 80.6 Å². The zero-order valence-electron chi connectivity index (χ0n) is 18.6. The van der Waals surface area contributed by atoms with E-state index in [2.05, 4.69) is 57.2 Å². The molecule has 2 aromatic carbocycles. The fraction of sp³-hybridized carbons (Fsp3) is 0.444. The first kappa shape index (κ1) is 21.4. The highest BCUT2D eigenvalue weighted by molar-refractivity contribution is 5.84. The van der Waals surface area contributed by atoms with Crippen molar-refractivity contribution in [3.05, 3.63) is 59.2 Å². The molecule has 0 radical (unpaired) electrons. The zero-order chi connectivity index (χ0) is 20.6. The summed E-state index contributed by atoms with van der Waals surface area (Å²) in [6, 6.07) is 15.3. The summed E-state index contributed by atoms with van der Waals surface area (Å²) in [6.45, 7) is 9.33. The van der Waals surface area contributed by atoms with Crippen molar-refractivity contribution < 1.29 is 4.74 Å². The Morgan fingerprint density at radius 2 is 1.59 bits per heavy atom. The van der Waals surface area contributed by atoms with Crippen molar-refractivity contribution in [3.8, 4) is 17.0 Å². The topological polar surface area (TPSA) is 22.1 Å². The minimum Gasteiger partial charge on any atom is -0.494 e. The first-order valence-electron chi connectivity index (χ1n) is 11.3. The van der Waals surface area contributed by atoms with E-state index in [0.717, 1.165) is 23.4 Å². The molecule has 154 valence electrons. The zero-order valence-corrected chi connectivity index (χ0v) is 18.6. The molecular formula is C27H35NO. The summed E-state index contributed by atoms with van der Waals surface area (Å²) in [5.41, 5.74) is 7.40. The van der Waals surface area contributed by atoms with Crippen LogP contribution in [0.1, 0.15) is 69.1 Å². The molecular weight excluding hydrogens is 354 g/mol. The van der Waals surface area contributed by atoms with Crippen molar-refractivity contribution in [3.63, 3.8) is 0 Å². The van der Waals surface area contributed by atoms with Crippen LogP contribution in [0.25, 0.3) is 22.2 Å². The van der Waals surface area contributed by atoms with E-state index in [9.17, 15) is 0 Å². The fourth-order valence-corrected chi connectivity index (χ4v) is 3.88. The van der Waals surface area contributed by atoms with Crippen LogP contribution in [0.4, 0.5) is 0 Å². The Morgan fingerprint density at radius 3 is 2.34 bits per heavy atom. The first-order valence-corrected chi connectivity index (χ1v) is 11.3. The summed E-state index contributed by atoms with van der Waals surface area (Å²) in [4.78, 5) is 5.09. The van der Waals surface area contributed by atoms with Crippen molar-refractivity contribution in [1.82, 2.24) is 4.98 Å². The van der Waals surface area contributed by atoms with Gasteiger partial charge >= 0.3 is 0 Å². The van der Waals surface area contributed by atoms with Crippen LogP contribution in [-0.2, 0) is 6.42 Å². The van der Waals surface area contributed by atoms with E-state index < -0.39 is 0 Å². The molecule has 0 atom stereocenters. The third-order valence-corrected chi connectivity index (χ3v) is 5.76. The van der Waals surface area contributed by atoms with Gasteiger partial charge in [0.15, 0.2) is 0 Å². The quantitative estimate of drug-likeness (QED) is 0.330. The molecule has 0 aliphatic rings. The van der Waals surface area contributed by atoms with E-state index in [4.69, 9.17) is 9.72 Å². The number of unbranched alkanes of at least 4 members (excludes halogenated alkanes) is 5. The number of nitrogens with zero attached hydrogens (tertiary/aromatic N) is 1. The Kier molecular flexibility index (Phi) is 7.69. The molecule has 0 unspecified atom stereocenters. The lowest BCUT2D eigenvalue weighted by Gasteiger charge is -2.13. The molecule has 0 spiro atoms. The van der Waals surface area contributed by atoms with Gasteiger partial charge in [-0.1, -0.05) is 51.2 Å². The van der Waals surface area contributed by atoms with E-state index in [-0.39, 0.29) is 0 Å². The largest absolute Gasteiger partial charge is 0.494 e. The maximum Gasteiger partial charge on any atom is 0.120 e. The third kappa shape index (κ3) is 5.59. The lowest BCUT2D eigenvalue weighted by molar-refractivity contribution is 0.340. The minimum atomic E-state index is 0.685. The number of pyridine rings is 1. The number of aromatic nitrogens is 1. The number of benzene rings is 2. The van der Waals surface area contributed by atoms with Gasteiger partial charge < -0.3 is 4.74 Å². The predicted molar refractivity (Wildman–Crippen MR) is 125 cm³/mol. The van der Waals surface area contributed by atoms with Crippen LogP contribution in [0, 0.1) is 13.8 Å². The van der Waals surface area contributed by atoms with Gasteiger partial charge in [0.1, 0.15) is 5.75 Å². The standard InChI is InChI=1S/C27H35NO/c1-5-7-8-9-10-11-12-22-18-24-19-25(29-6-2)15-16-26(24)28-27(22)23-14-13-20(3)21(4)17-23/h13-19H,5-12H2,1-4H3. The molecule has 1 aromatic heterocycles. The van der Waals surface area contributed by atoms with Crippen LogP contribution >= 0.6 is 0 Å². The molecule has 2 nitrogen and oxygen atoms in total. The van der Waals surface area contributed by atoms with Gasteiger partial charge in [-0.25, -0.2) is 4.98 Å². The van der Waals surface area contributed by atoms with Gasteiger partial charge in [0, 0.05) is 10.9 Å². The summed E-state index contributed by atoms with van der Waals surface area (Å²) in [5, 5.41) is 1.17. The second kappa shape index (κ2) is 10.4. The summed E-state index contributed by atoms with van der Waals surface area (Å²) >= 11 is 0. The van der Waals surface area contributed by atoms with Crippen LogP contribution in [0.3, 0.4) is 0 Å². The van der Waals surface area contributed by atoms with Gasteiger partial charge in [0.25, 0.3) is 0 Å². The molecule has 2 heteroatoms. The van der Waals surface area contributed by atoms with Crippen molar-refractivity contribution in [2.75, 3.05) is 6.61 Å². The lowest BCUT2D eigenvalue weighted by atomic mass is 9.96. The predicted octanol–water partition coefficient (Wildman–Crippen LogP) is 7.82. The maximum absolute atomic E-state index is 5.71. The highest BCUT2D eigenvalue weighted by Gasteiger charge is 2.11. The molecule has 0 amide bonds. The Bertz CT molecular complexity index is 945. The number of fused-ring (bicyclic) bond motifs is 1. The van der Waals surface area contributed by atoms with E-state index in [1.807, 2.05) is 13.0 Å². The van der Waals surface area contributed by atoms with Gasteiger partial charge in [-0.2, -0.15) is 0 Å². The van der Waals surface area contributed by atoms with Gasteiger partial charge in [0.2, 0.25) is 0 Å². The summed E-state index contributed by atoms with van der Waals surface area (Å²) in [7, 11) is 0. The molecule has 0 N–H and O–H groups in total. The molecule has 3 aromatic rings. The van der Waals surface area contributed by atoms with Crippen LogP contribution in [0.2, 0.25) is 0 Å². The minimum absolute atomic E-state index is 0.685. The molecule has 3 rings (SSSR count). The number of ether oxygens (including phenoxy) is 1. The summed E-state index contributed by atoms with van der Waals surface area (Å²) in [6.07, 6.45) is 8.94. The number of aryl methyl sites for hydroxylation is 3. The van der Waals surface area contributed by atoms with Crippen molar-refractivity contribution in [1.29, 1.82) is 0 Å². The maximum atomic E-state index is 5.71. The molecule has 0 bridgehead atoms. The monoisotopic (exact) mass is 389 g/mol. The van der Waals surface area contributed by atoms with Crippen molar-refractivity contribution in [2.45, 2.75) is 72.6 Å². The van der Waals surface area contributed by atoms with Crippen LogP contribution < -0.4 is 4.74 Å². The smallest absolute Gasteiger partial charge is 0.120 e. The second-order valence-corrected chi connectivity index (χ2v) is 8.10. The average Bonchev–Trinajstić information content (AvgIpc) is 2.72. The van der Waals surface area contributed by atoms with Crippen molar-refractivity contribution in [2.24, 2.45) is 0 Å². The molecule has 29 heavy (non-hydrogen) atoms. The average molecular weight is 390 g/mol. The normalized spacial score (nSPS) is 11.2. The Balaban J connectivity index is 1.92. The number of rotatable bonds is 10. The molecule has 0 saturated heterocycles. The first-order chi connectivity index (χ1) is 14.1. The van der Waals surface area contributed by atoms with Gasteiger partial charge in [-0.3, -0.25) is 0 Å². The molecule has 1 heterocycles. The lowest BCUT2D eigenvalue weighted by Crippen LogP contribution is -1.97. The van der Waals surface area contributed by atoms with Gasteiger partial charge in [0.05, 0.1) is 17.8 Å². The Labute approximate surface area is 176 Å². The van der Waals surface area contributed by atoms with Crippen molar-refractivity contribution >= 4 is 10.9 Å².